The summed E-state index contributed by atoms with van der Waals surface area (Å²) in [6.07, 6.45) is 4.28. The number of nitrogens with zero attached hydrogens (tertiary/aromatic N) is 2. The third-order valence-electron chi connectivity index (χ3n) is 3.49. The molecule has 2 rings (SSSR count). The van der Waals surface area contributed by atoms with Crippen LogP contribution in [0.1, 0.15) is 31.2 Å². The largest absolute Gasteiger partial charge is 0.396 e. The summed E-state index contributed by atoms with van der Waals surface area (Å²) in [5, 5.41) is 18.5. The first kappa shape index (κ1) is 13.2. The van der Waals surface area contributed by atoms with Gasteiger partial charge in [-0.25, -0.2) is 0 Å². The number of nitriles is 1. The lowest BCUT2D eigenvalue weighted by molar-refractivity contribution is 0.262. The lowest BCUT2D eigenvalue weighted by Crippen LogP contribution is -2.40. The van der Waals surface area contributed by atoms with Crippen molar-refractivity contribution < 1.29 is 5.11 Å². The Morgan fingerprint density at radius 2 is 2.28 bits per heavy atom. The van der Waals surface area contributed by atoms with Crippen LogP contribution in [0.3, 0.4) is 0 Å². The molecule has 18 heavy (non-hydrogen) atoms. The van der Waals surface area contributed by atoms with Crippen molar-refractivity contribution >= 4 is 17.3 Å². The Labute approximate surface area is 113 Å². The number of aliphatic hydroxyl groups excluding tert-OH is 1. The average molecular weight is 265 g/mol. The van der Waals surface area contributed by atoms with Gasteiger partial charge in [0.25, 0.3) is 0 Å². The summed E-state index contributed by atoms with van der Waals surface area (Å²) in [5.41, 5.74) is 1.56. The van der Waals surface area contributed by atoms with E-state index in [0.29, 0.717) is 16.6 Å². The molecule has 1 aliphatic rings. The van der Waals surface area contributed by atoms with E-state index in [1.54, 1.807) is 6.07 Å². The smallest absolute Gasteiger partial charge is 0.101 e. The Morgan fingerprint density at radius 3 is 2.94 bits per heavy atom. The third kappa shape index (κ3) is 2.77. The maximum Gasteiger partial charge on any atom is 0.101 e. The molecule has 1 heterocycles. The van der Waals surface area contributed by atoms with Gasteiger partial charge >= 0.3 is 0 Å². The van der Waals surface area contributed by atoms with E-state index in [-0.39, 0.29) is 6.61 Å². The molecule has 0 aliphatic carbocycles. The van der Waals surface area contributed by atoms with Crippen LogP contribution >= 0.6 is 11.6 Å². The van der Waals surface area contributed by atoms with Crippen molar-refractivity contribution in [3.63, 3.8) is 0 Å². The molecule has 1 aromatic rings. The Hall–Kier alpha value is -1.24. The fraction of sp³-hybridized carbons (Fsp3) is 0.500. The quantitative estimate of drug-likeness (QED) is 0.913. The predicted octanol–water partition coefficient (Wildman–Crippen LogP) is 2.95. The molecule has 0 radical (unpaired) electrons. The molecule has 1 aliphatic heterocycles. The minimum atomic E-state index is 0.213. The topological polar surface area (TPSA) is 47.3 Å². The van der Waals surface area contributed by atoms with Crippen molar-refractivity contribution in [2.24, 2.45) is 0 Å². The lowest BCUT2D eigenvalue weighted by atomic mass is 9.98. The number of benzene rings is 1. The number of rotatable bonds is 3. The molecule has 96 valence electrons. The number of anilines is 1. The van der Waals surface area contributed by atoms with E-state index in [4.69, 9.17) is 22.0 Å². The molecule has 0 saturated carbocycles. The molecule has 1 N–H and O–H groups in total. The summed E-state index contributed by atoms with van der Waals surface area (Å²) in [6, 6.07) is 8.02. The fourth-order valence-corrected chi connectivity index (χ4v) is 2.78. The molecule has 4 heteroatoms. The van der Waals surface area contributed by atoms with E-state index in [0.717, 1.165) is 25.1 Å². The number of hydrogen-bond acceptors (Lipinski definition) is 3. The fourth-order valence-electron chi connectivity index (χ4n) is 2.56. The van der Waals surface area contributed by atoms with E-state index in [2.05, 4.69) is 11.0 Å². The molecule has 0 amide bonds. The van der Waals surface area contributed by atoms with Crippen LogP contribution in [-0.2, 0) is 0 Å². The second-order valence-corrected chi connectivity index (χ2v) is 5.04. The Kier molecular flexibility index (Phi) is 4.46. The summed E-state index contributed by atoms with van der Waals surface area (Å²) >= 11 is 6.07. The van der Waals surface area contributed by atoms with E-state index in [1.165, 1.54) is 12.8 Å². The van der Waals surface area contributed by atoms with Gasteiger partial charge in [0.05, 0.1) is 10.6 Å². The first-order valence-electron chi connectivity index (χ1n) is 6.33. The van der Waals surface area contributed by atoms with Crippen molar-refractivity contribution in [1.29, 1.82) is 5.26 Å². The van der Waals surface area contributed by atoms with Gasteiger partial charge in [-0.15, -0.1) is 0 Å². The van der Waals surface area contributed by atoms with E-state index >= 15 is 0 Å². The zero-order valence-electron chi connectivity index (χ0n) is 10.3. The lowest BCUT2D eigenvalue weighted by Gasteiger charge is -2.37. The molecule has 1 aromatic carbocycles. The molecule has 3 nitrogen and oxygen atoms in total. The number of hydrogen-bond donors (Lipinski definition) is 1. The first-order valence-corrected chi connectivity index (χ1v) is 6.71. The van der Waals surface area contributed by atoms with Crippen molar-refractivity contribution in [1.82, 2.24) is 0 Å². The van der Waals surface area contributed by atoms with Crippen LogP contribution in [0.2, 0.25) is 5.02 Å². The zero-order chi connectivity index (χ0) is 13.0. The minimum absolute atomic E-state index is 0.213. The minimum Gasteiger partial charge on any atom is -0.396 e. The second-order valence-electron chi connectivity index (χ2n) is 4.63. The summed E-state index contributed by atoms with van der Waals surface area (Å²) in [6.45, 7) is 1.21. The van der Waals surface area contributed by atoms with Gasteiger partial charge in [0.1, 0.15) is 6.07 Å². The summed E-state index contributed by atoms with van der Waals surface area (Å²) in [7, 11) is 0. The van der Waals surface area contributed by atoms with Gasteiger partial charge < -0.3 is 10.0 Å². The zero-order valence-corrected chi connectivity index (χ0v) is 11.0. The van der Waals surface area contributed by atoms with E-state index in [9.17, 15) is 0 Å². The SMILES string of the molecule is N#Cc1ccc(N2CCCCC2CCO)cc1Cl. The molecule has 0 bridgehead atoms. The molecule has 0 aromatic heterocycles. The van der Waals surface area contributed by atoms with Crippen LogP contribution in [0.4, 0.5) is 5.69 Å². The van der Waals surface area contributed by atoms with Crippen LogP contribution in [0.15, 0.2) is 18.2 Å². The van der Waals surface area contributed by atoms with Crippen molar-refractivity contribution in [2.75, 3.05) is 18.1 Å². The summed E-state index contributed by atoms with van der Waals surface area (Å²) in [5.74, 6) is 0. The Bertz CT molecular complexity index is 454. The van der Waals surface area contributed by atoms with Crippen molar-refractivity contribution in [3.8, 4) is 6.07 Å². The van der Waals surface area contributed by atoms with Crippen LogP contribution in [0, 0.1) is 11.3 Å². The number of halogens is 1. The van der Waals surface area contributed by atoms with Crippen molar-refractivity contribution in [3.05, 3.63) is 28.8 Å². The predicted molar refractivity (Wildman–Crippen MR) is 72.9 cm³/mol. The highest BCUT2D eigenvalue weighted by Gasteiger charge is 2.22. The Morgan fingerprint density at radius 1 is 1.44 bits per heavy atom. The van der Waals surface area contributed by atoms with Gasteiger partial charge in [0.15, 0.2) is 0 Å². The van der Waals surface area contributed by atoms with Gasteiger partial charge in [-0.1, -0.05) is 11.6 Å². The molecular formula is C14H17ClN2O. The first-order chi connectivity index (χ1) is 8.76. The van der Waals surface area contributed by atoms with E-state index in [1.807, 2.05) is 12.1 Å². The molecular weight excluding hydrogens is 248 g/mol. The van der Waals surface area contributed by atoms with Gasteiger partial charge in [-0.2, -0.15) is 5.26 Å². The highest BCUT2D eigenvalue weighted by Crippen LogP contribution is 2.29. The van der Waals surface area contributed by atoms with Crippen LogP contribution in [-0.4, -0.2) is 24.3 Å². The number of piperidine rings is 1. The van der Waals surface area contributed by atoms with Gasteiger partial charge in [0.2, 0.25) is 0 Å². The van der Waals surface area contributed by atoms with Crippen LogP contribution in [0.25, 0.3) is 0 Å². The van der Waals surface area contributed by atoms with Gasteiger partial charge in [-0.3, -0.25) is 0 Å². The van der Waals surface area contributed by atoms with E-state index < -0.39 is 0 Å². The molecule has 1 atom stereocenters. The molecule has 1 unspecified atom stereocenters. The molecule has 1 saturated heterocycles. The summed E-state index contributed by atoms with van der Waals surface area (Å²) < 4.78 is 0. The molecule has 0 spiro atoms. The highest BCUT2D eigenvalue weighted by atomic mass is 35.5. The van der Waals surface area contributed by atoms with Crippen LogP contribution < -0.4 is 4.90 Å². The maximum atomic E-state index is 9.12. The maximum absolute atomic E-state index is 9.12. The third-order valence-corrected chi connectivity index (χ3v) is 3.81. The monoisotopic (exact) mass is 264 g/mol. The second kappa shape index (κ2) is 6.08. The van der Waals surface area contributed by atoms with Crippen molar-refractivity contribution in [2.45, 2.75) is 31.7 Å². The summed E-state index contributed by atoms with van der Waals surface area (Å²) in [4.78, 5) is 2.30. The van der Waals surface area contributed by atoms with Gasteiger partial charge in [0, 0.05) is 24.9 Å². The highest BCUT2D eigenvalue weighted by molar-refractivity contribution is 6.32. The number of aliphatic hydroxyl groups is 1. The standard InChI is InChI=1S/C14H17ClN2O/c15-14-9-13(5-4-11(14)10-16)17-7-2-1-3-12(17)6-8-18/h4-5,9,12,18H,1-3,6-8H2. The average Bonchev–Trinajstić information content (AvgIpc) is 2.40. The normalized spacial score (nSPS) is 19.6. The Balaban J connectivity index is 2.23. The van der Waals surface area contributed by atoms with Crippen LogP contribution in [0.5, 0.6) is 0 Å². The van der Waals surface area contributed by atoms with Gasteiger partial charge in [-0.05, 0) is 43.9 Å². The molecule has 1 fully saturated rings.